The van der Waals surface area contributed by atoms with E-state index < -0.39 is 11.8 Å². The highest BCUT2D eigenvalue weighted by molar-refractivity contribution is 6.40. The van der Waals surface area contributed by atoms with Crippen molar-refractivity contribution in [1.29, 1.82) is 0 Å². The molecule has 30 heavy (non-hydrogen) atoms. The molecule has 0 atom stereocenters. The van der Waals surface area contributed by atoms with Crippen LogP contribution in [0.2, 0.25) is 0 Å². The predicted molar refractivity (Wildman–Crippen MR) is 113 cm³/mol. The minimum Gasteiger partial charge on any atom is -0.490 e. The van der Waals surface area contributed by atoms with Gasteiger partial charge in [0.05, 0.1) is 11.8 Å². The average molecular weight is 408 g/mol. The number of fused-ring (bicyclic) bond motifs is 1. The lowest BCUT2D eigenvalue weighted by Gasteiger charge is -2.10. The molecule has 0 spiro atoms. The summed E-state index contributed by atoms with van der Waals surface area (Å²) in [6.07, 6.45) is 2.79. The van der Waals surface area contributed by atoms with Crippen LogP contribution in [0.5, 0.6) is 11.5 Å². The van der Waals surface area contributed by atoms with Gasteiger partial charge in [0.25, 0.3) is 5.78 Å². The van der Waals surface area contributed by atoms with Crippen molar-refractivity contribution >= 4 is 22.5 Å². The number of carbonyl (C=O) groups excluding carboxylic acids is 2. The van der Waals surface area contributed by atoms with Crippen molar-refractivity contribution in [2.24, 2.45) is 0 Å². The van der Waals surface area contributed by atoms with E-state index in [9.17, 15) is 9.59 Å². The molecule has 0 aliphatic heterocycles. The lowest BCUT2D eigenvalue weighted by molar-refractivity contribution is -0.138. The number of Topliss-reactive ketones (excluding diaryl/α,β-unsaturated/α-hetero) is 1. The quantitative estimate of drug-likeness (QED) is 0.221. The van der Waals surface area contributed by atoms with Crippen LogP contribution in [0, 0.1) is 0 Å². The monoisotopic (exact) mass is 408 g/mol. The van der Waals surface area contributed by atoms with Gasteiger partial charge in [0.15, 0.2) is 0 Å². The molecule has 0 bridgehead atoms. The number of ketones is 1. The van der Waals surface area contributed by atoms with E-state index in [1.165, 1.54) is 18.5 Å². The normalized spacial score (nSPS) is 10.8. The van der Waals surface area contributed by atoms with Crippen molar-refractivity contribution in [2.75, 3.05) is 40.5 Å². The van der Waals surface area contributed by atoms with E-state index >= 15 is 0 Å². The van der Waals surface area contributed by atoms with Crippen LogP contribution < -0.4 is 9.47 Å². The van der Waals surface area contributed by atoms with E-state index in [-0.39, 0.29) is 18.8 Å². The molecule has 1 heterocycles. The Hall–Kier alpha value is -3.45. The highest BCUT2D eigenvalue weighted by Gasteiger charge is 2.19. The summed E-state index contributed by atoms with van der Waals surface area (Å²) in [5.74, 6) is -0.529. The van der Waals surface area contributed by atoms with E-state index in [0.29, 0.717) is 18.9 Å². The summed E-state index contributed by atoms with van der Waals surface area (Å²) in [5.41, 5.74) is 0.123. The van der Waals surface area contributed by atoms with Gasteiger partial charge in [0.2, 0.25) is 0 Å². The van der Waals surface area contributed by atoms with Crippen LogP contribution in [0.15, 0.2) is 60.9 Å². The molecule has 0 radical (unpaired) electrons. The minimum absolute atomic E-state index is 0.123. The van der Waals surface area contributed by atoms with Gasteiger partial charge in [-0.3, -0.25) is 9.78 Å². The summed E-state index contributed by atoms with van der Waals surface area (Å²) in [5, 5.41) is 2.25. The zero-order chi connectivity index (χ0) is 21.3. The van der Waals surface area contributed by atoms with Gasteiger partial charge in [-0.15, -0.1) is 0 Å². The van der Waals surface area contributed by atoms with Crippen molar-refractivity contribution in [3.63, 3.8) is 0 Å². The zero-order valence-corrected chi connectivity index (χ0v) is 17.0. The van der Waals surface area contributed by atoms with Gasteiger partial charge < -0.3 is 19.1 Å². The van der Waals surface area contributed by atoms with Gasteiger partial charge in [-0.2, -0.15) is 0 Å². The van der Waals surface area contributed by atoms with Crippen molar-refractivity contribution in [1.82, 2.24) is 9.88 Å². The maximum absolute atomic E-state index is 12.2. The largest absolute Gasteiger partial charge is 0.490 e. The number of likely N-dealkylation sites (N-methyl/N-ethyl adjacent to an activating group) is 1. The fraction of sp³-hybridized carbons (Fsp3) is 0.261. The van der Waals surface area contributed by atoms with Crippen LogP contribution >= 0.6 is 0 Å². The Labute approximate surface area is 175 Å². The standard InChI is InChI=1S/C23H24N2O5/c1-25(2)9-10-30-23(27)22(26)19-14-21(16-24-15-19)29-12-11-28-20-8-7-17-5-3-4-6-18(17)13-20/h3-8,13-16H,9-12H2,1-2H3. The Morgan fingerprint density at radius 2 is 1.60 bits per heavy atom. The summed E-state index contributed by atoms with van der Waals surface area (Å²) in [6.45, 7) is 1.27. The van der Waals surface area contributed by atoms with Crippen LogP contribution in [0.3, 0.4) is 0 Å². The third-order valence-electron chi connectivity index (χ3n) is 4.27. The van der Waals surface area contributed by atoms with Gasteiger partial charge in [-0.05, 0) is 43.1 Å². The Morgan fingerprint density at radius 1 is 0.867 bits per heavy atom. The molecule has 7 heteroatoms. The number of benzene rings is 2. The molecule has 0 N–H and O–H groups in total. The molecule has 7 nitrogen and oxygen atoms in total. The number of nitrogens with zero attached hydrogens (tertiary/aromatic N) is 2. The van der Waals surface area contributed by atoms with E-state index in [1.807, 2.05) is 61.5 Å². The zero-order valence-electron chi connectivity index (χ0n) is 17.0. The maximum atomic E-state index is 12.2. The smallest absolute Gasteiger partial charge is 0.379 e. The highest BCUT2D eigenvalue weighted by Crippen LogP contribution is 2.20. The molecule has 156 valence electrons. The summed E-state index contributed by atoms with van der Waals surface area (Å²) >= 11 is 0. The first-order valence-corrected chi connectivity index (χ1v) is 9.58. The number of carbonyl (C=O) groups is 2. The molecule has 0 amide bonds. The number of hydrogen-bond donors (Lipinski definition) is 0. The second-order valence-electron chi connectivity index (χ2n) is 6.88. The van der Waals surface area contributed by atoms with E-state index in [0.717, 1.165) is 16.5 Å². The third-order valence-corrected chi connectivity index (χ3v) is 4.27. The fourth-order valence-corrected chi connectivity index (χ4v) is 2.70. The molecule has 3 aromatic rings. The van der Waals surface area contributed by atoms with Crippen molar-refractivity contribution < 1.29 is 23.8 Å². The lowest BCUT2D eigenvalue weighted by Crippen LogP contribution is -2.24. The Bertz CT molecular complexity index is 1020. The van der Waals surface area contributed by atoms with Crippen molar-refractivity contribution in [3.8, 4) is 11.5 Å². The van der Waals surface area contributed by atoms with Gasteiger partial charge >= 0.3 is 5.97 Å². The Balaban J connectivity index is 1.48. The van der Waals surface area contributed by atoms with Crippen LogP contribution in [0.4, 0.5) is 0 Å². The van der Waals surface area contributed by atoms with Crippen molar-refractivity contribution in [3.05, 3.63) is 66.5 Å². The molecule has 0 aliphatic carbocycles. The SMILES string of the molecule is CN(C)CCOC(=O)C(=O)c1cncc(OCCOc2ccc3ccccc3c2)c1. The van der Waals surface area contributed by atoms with E-state index in [1.54, 1.807) is 0 Å². The van der Waals surface area contributed by atoms with Gasteiger partial charge in [-0.1, -0.05) is 30.3 Å². The first-order chi connectivity index (χ1) is 14.5. The first kappa shape index (κ1) is 21.3. The van der Waals surface area contributed by atoms with Gasteiger partial charge in [0, 0.05) is 12.7 Å². The molecule has 0 aliphatic rings. The van der Waals surface area contributed by atoms with Crippen LogP contribution in [0.25, 0.3) is 10.8 Å². The maximum Gasteiger partial charge on any atom is 0.379 e. The predicted octanol–water partition coefficient (Wildman–Crippen LogP) is 2.98. The average Bonchev–Trinajstić information content (AvgIpc) is 2.76. The van der Waals surface area contributed by atoms with Crippen LogP contribution in [-0.4, -0.2) is 62.1 Å². The van der Waals surface area contributed by atoms with E-state index in [2.05, 4.69) is 4.98 Å². The van der Waals surface area contributed by atoms with Gasteiger partial charge in [0.1, 0.15) is 31.3 Å². The number of pyridine rings is 1. The second kappa shape index (κ2) is 10.4. The Morgan fingerprint density at radius 3 is 2.37 bits per heavy atom. The molecular formula is C23H24N2O5. The molecule has 0 saturated heterocycles. The van der Waals surface area contributed by atoms with Gasteiger partial charge in [-0.25, -0.2) is 4.79 Å². The number of aromatic nitrogens is 1. The molecule has 0 saturated carbocycles. The number of hydrogen-bond acceptors (Lipinski definition) is 7. The summed E-state index contributed by atoms with van der Waals surface area (Å²) in [4.78, 5) is 29.9. The molecule has 0 fully saturated rings. The van der Waals surface area contributed by atoms with Crippen LogP contribution in [0.1, 0.15) is 10.4 Å². The fourth-order valence-electron chi connectivity index (χ4n) is 2.70. The van der Waals surface area contributed by atoms with E-state index in [4.69, 9.17) is 14.2 Å². The number of rotatable bonds is 10. The number of esters is 1. The molecular weight excluding hydrogens is 384 g/mol. The second-order valence-corrected chi connectivity index (χ2v) is 6.88. The Kier molecular flexibility index (Phi) is 7.34. The number of ether oxygens (including phenoxy) is 3. The van der Waals surface area contributed by atoms with Crippen molar-refractivity contribution in [2.45, 2.75) is 0 Å². The lowest BCUT2D eigenvalue weighted by atomic mass is 10.1. The molecule has 3 rings (SSSR count). The molecule has 0 unspecified atom stereocenters. The summed E-state index contributed by atoms with van der Waals surface area (Å²) in [6, 6.07) is 15.4. The summed E-state index contributed by atoms with van der Waals surface area (Å²) < 4.78 is 16.3. The molecule has 1 aromatic heterocycles. The van der Waals surface area contributed by atoms with Crippen LogP contribution in [-0.2, 0) is 9.53 Å². The minimum atomic E-state index is -0.907. The molecule has 2 aromatic carbocycles. The summed E-state index contributed by atoms with van der Waals surface area (Å²) in [7, 11) is 3.70. The highest BCUT2D eigenvalue weighted by atomic mass is 16.5. The first-order valence-electron chi connectivity index (χ1n) is 9.58. The topological polar surface area (TPSA) is 78.0 Å². The third kappa shape index (κ3) is 6.02.